The predicted molar refractivity (Wildman–Crippen MR) is 64.5 cm³/mol. The molecule has 0 saturated heterocycles. The third-order valence-corrected chi connectivity index (χ3v) is 6.10. The summed E-state index contributed by atoms with van der Waals surface area (Å²) >= 11 is 17.8. The lowest BCUT2D eigenvalue weighted by Crippen LogP contribution is -1.78. The highest BCUT2D eigenvalue weighted by atomic mass is 79.9. The minimum atomic E-state index is 0.889. The Hall–Kier alpha value is 1.49. The number of hydrogen-bond acceptors (Lipinski definition) is 1. The van der Waals surface area contributed by atoms with Crippen LogP contribution < -0.4 is 0 Å². The Bertz CT molecular complexity index is 271. The first kappa shape index (κ1) is 10.6. The highest BCUT2D eigenvalue weighted by molar-refractivity contribution is 9.14. The van der Waals surface area contributed by atoms with Crippen molar-refractivity contribution < 1.29 is 0 Å². The van der Waals surface area contributed by atoms with Gasteiger partial charge in [0.2, 0.25) is 0 Å². The van der Waals surface area contributed by atoms with Gasteiger partial charge in [-0.1, -0.05) is 0 Å². The largest absolute Gasteiger partial charge is 0.141 e. The zero-order valence-electron chi connectivity index (χ0n) is 5.04. The number of thiol groups is 1. The summed E-state index contributed by atoms with van der Waals surface area (Å²) in [4.78, 5) is 0.889. The Morgan fingerprint density at radius 3 is 2.00 bits per heavy atom. The van der Waals surface area contributed by atoms with Gasteiger partial charge >= 0.3 is 0 Å². The number of rotatable bonds is 0. The van der Waals surface area contributed by atoms with Crippen LogP contribution in [0.4, 0.5) is 0 Å². The van der Waals surface area contributed by atoms with Gasteiger partial charge in [-0.25, -0.2) is 0 Å². The van der Waals surface area contributed by atoms with Crippen molar-refractivity contribution in [2.75, 3.05) is 0 Å². The molecule has 0 spiro atoms. The first-order valence-corrected chi connectivity index (χ1v) is 6.18. The van der Waals surface area contributed by atoms with E-state index in [9.17, 15) is 0 Å². The molecule has 0 aliphatic carbocycles. The van der Waals surface area contributed by atoms with Gasteiger partial charge in [-0.3, -0.25) is 0 Å². The molecule has 0 atom stereocenters. The average Bonchev–Trinajstić information content (AvgIpc) is 1.97. The number of benzene rings is 1. The van der Waals surface area contributed by atoms with Crippen molar-refractivity contribution in [1.29, 1.82) is 0 Å². The molecule has 0 heterocycles. The second kappa shape index (κ2) is 4.13. The molecule has 0 amide bonds. The van der Waals surface area contributed by atoms with Gasteiger partial charge in [0.1, 0.15) is 0 Å². The summed E-state index contributed by atoms with van der Waals surface area (Å²) in [6, 6.07) is 1.94. The molecule has 0 unspecified atom stereocenters. The topological polar surface area (TPSA) is 0 Å². The molecule has 5 heteroatoms. The van der Waals surface area contributed by atoms with E-state index < -0.39 is 0 Å². The molecule has 60 valence electrons. The van der Waals surface area contributed by atoms with Gasteiger partial charge in [0, 0.05) is 22.8 Å². The van der Waals surface area contributed by atoms with Crippen LogP contribution in [0.15, 0.2) is 28.9 Å². The molecular formula is C6H2Br4S. The molecule has 0 radical (unpaired) electrons. The first-order valence-electron chi connectivity index (χ1n) is 2.56. The maximum absolute atomic E-state index is 4.28. The number of hydrogen-bond donors (Lipinski definition) is 1. The summed E-state index contributed by atoms with van der Waals surface area (Å²) in [5.41, 5.74) is 0. The third kappa shape index (κ3) is 2.24. The van der Waals surface area contributed by atoms with Crippen molar-refractivity contribution in [1.82, 2.24) is 0 Å². The molecule has 0 saturated carbocycles. The third-order valence-electron chi connectivity index (χ3n) is 1.09. The van der Waals surface area contributed by atoms with Crippen LogP contribution in [0.2, 0.25) is 0 Å². The summed E-state index contributed by atoms with van der Waals surface area (Å²) in [7, 11) is 0. The van der Waals surface area contributed by atoms with Gasteiger partial charge < -0.3 is 0 Å². The molecule has 1 aromatic rings. The normalized spacial score (nSPS) is 10.3. The summed E-state index contributed by atoms with van der Waals surface area (Å²) in [5.74, 6) is 0. The zero-order chi connectivity index (χ0) is 8.59. The Morgan fingerprint density at radius 2 is 1.45 bits per heavy atom. The molecule has 11 heavy (non-hydrogen) atoms. The van der Waals surface area contributed by atoms with Gasteiger partial charge in [0.15, 0.2) is 0 Å². The second-order valence-corrected chi connectivity index (χ2v) is 5.56. The van der Waals surface area contributed by atoms with Gasteiger partial charge in [-0.05, 0) is 69.8 Å². The minimum absolute atomic E-state index is 0.889. The Kier molecular flexibility index (Phi) is 3.97. The maximum atomic E-state index is 4.28. The van der Waals surface area contributed by atoms with Crippen molar-refractivity contribution in [3.63, 3.8) is 0 Å². The quantitative estimate of drug-likeness (QED) is 0.336. The van der Waals surface area contributed by atoms with E-state index in [0.717, 1.165) is 22.8 Å². The lowest BCUT2D eigenvalue weighted by atomic mass is 10.4. The van der Waals surface area contributed by atoms with E-state index in [-0.39, 0.29) is 0 Å². The fourth-order valence-electron chi connectivity index (χ4n) is 0.557. The van der Waals surface area contributed by atoms with Gasteiger partial charge in [-0.2, -0.15) is 0 Å². The van der Waals surface area contributed by atoms with Crippen LogP contribution in [0.1, 0.15) is 0 Å². The van der Waals surface area contributed by atoms with Gasteiger partial charge in [0.05, 0.1) is 0 Å². The molecule has 1 aromatic carbocycles. The van der Waals surface area contributed by atoms with Crippen LogP contribution >= 0.6 is 76.3 Å². The monoisotopic (exact) mass is 422 g/mol. The maximum Gasteiger partial charge on any atom is 0.0473 e. The van der Waals surface area contributed by atoms with E-state index in [1.165, 1.54) is 0 Å². The lowest BCUT2D eigenvalue weighted by molar-refractivity contribution is 1.32. The number of halogens is 4. The molecule has 0 nitrogen and oxygen atoms in total. The van der Waals surface area contributed by atoms with Crippen LogP contribution in [0.25, 0.3) is 0 Å². The molecule has 0 aromatic heterocycles. The SMILES string of the molecule is Sc1c(Br)cc(Br)c(Br)c1Br. The van der Waals surface area contributed by atoms with Crippen LogP contribution in [-0.2, 0) is 0 Å². The molecule has 0 aliphatic heterocycles. The predicted octanol–water partition coefficient (Wildman–Crippen LogP) is 5.03. The highest BCUT2D eigenvalue weighted by Crippen LogP contribution is 2.39. The van der Waals surface area contributed by atoms with Crippen molar-refractivity contribution in [2.24, 2.45) is 0 Å². The van der Waals surface area contributed by atoms with E-state index in [1.807, 2.05) is 6.07 Å². The molecular weight excluding hydrogens is 424 g/mol. The molecule has 0 N–H and O–H groups in total. The summed E-state index contributed by atoms with van der Waals surface area (Å²) < 4.78 is 3.88. The van der Waals surface area contributed by atoms with E-state index in [4.69, 9.17) is 0 Å². The molecule has 1 rings (SSSR count). The summed E-state index contributed by atoms with van der Waals surface area (Å²) in [6.07, 6.45) is 0. The van der Waals surface area contributed by atoms with E-state index in [1.54, 1.807) is 0 Å². The zero-order valence-corrected chi connectivity index (χ0v) is 12.3. The Morgan fingerprint density at radius 1 is 0.909 bits per heavy atom. The standard InChI is InChI=1S/C6H2Br4S/c7-2-1-3(8)6(11)5(10)4(2)9/h1,11H. The van der Waals surface area contributed by atoms with Gasteiger partial charge in [-0.15, -0.1) is 12.6 Å². The smallest absolute Gasteiger partial charge is 0.0473 e. The van der Waals surface area contributed by atoms with Crippen LogP contribution in [0.3, 0.4) is 0 Å². The van der Waals surface area contributed by atoms with E-state index in [2.05, 4.69) is 76.3 Å². The summed E-state index contributed by atoms with van der Waals surface area (Å²) in [6.45, 7) is 0. The van der Waals surface area contributed by atoms with Crippen LogP contribution in [0, 0.1) is 0 Å². The van der Waals surface area contributed by atoms with Crippen LogP contribution in [0.5, 0.6) is 0 Å². The minimum Gasteiger partial charge on any atom is -0.141 e. The average molecular weight is 426 g/mol. The second-order valence-electron chi connectivity index (χ2n) is 1.82. The Balaban J connectivity index is 3.46. The van der Waals surface area contributed by atoms with Crippen LogP contribution in [-0.4, -0.2) is 0 Å². The highest BCUT2D eigenvalue weighted by Gasteiger charge is 2.08. The fourth-order valence-corrected chi connectivity index (χ4v) is 3.32. The van der Waals surface area contributed by atoms with Crippen molar-refractivity contribution >= 4 is 76.3 Å². The van der Waals surface area contributed by atoms with E-state index in [0.29, 0.717) is 0 Å². The van der Waals surface area contributed by atoms with E-state index >= 15 is 0 Å². The fraction of sp³-hybridized carbons (Fsp3) is 0. The first-order chi connectivity index (χ1) is 5.04. The van der Waals surface area contributed by atoms with Crippen molar-refractivity contribution in [3.05, 3.63) is 24.0 Å². The van der Waals surface area contributed by atoms with Gasteiger partial charge in [0.25, 0.3) is 0 Å². The molecule has 0 bridgehead atoms. The summed E-state index contributed by atoms with van der Waals surface area (Å²) in [5, 5.41) is 0. The molecule has 0 fully saturated rings. The van der Waals surface area contributed by atoms with Crippen molar-refractivity contribution in [3.8, 4) is 0 Å². The Labute approximate surface area is 104 Å². The lowest BCUT2D eigenvalue weighted by Gasteiger charge is -2.04. The molecule has 0 aliphatic rings. The van der Waals surface area contributed by atoms with Crippen molar-refractivity contribution in [2.45, 2.75) is 4.90 Å².